The first-order valence-electron chi connectivity index (χ1n) is 6.04. The van der Waals surface area contributed by atoms with Crippen LogP contribution in [0.3, 0.4) is 0 Å². The Hall–Kier alpha value is -2.27. The molecule has 5 nitrogen and oxygen atoms in total. The molecule has 2 aromatic rings. The Morgan fingerprint density at radius 3 is 2.74 bits per heavy atom. The molecule has 1 amide bonds. The lowest BCUT2D eigenvalue weighted by Gasteiger charge is -2.16. The lowest BCUT2D eigenvalue weighted by Crippen LogP contribution is -2.24. The molecular weight excluding hydrogens is 242 g/mol. The van der Waals surface area contributed by atoms with E-state index in [4.69, 9.17) is 4.74 Å². The first-order valence-corrected chi connectivity index (χ1v) is 6.04. The van der Waals surface area contributed by atoms with Crippen LogP contribution in [0.15, 0.2) is 48.9 Å². The zero-order chi connectivity index (χ0) is 13.5. The molecular formula is C14H15N3O2. The highest BCUT2D eigenvalue weighted by Gasteiger charge is 2.21. The van der Waals surface area contributed by atoms with E-state index in [9.17, 15) is 4.79 Å². The summed E-state index contributed by atoms with van der Waals surface area (Å²) in [6, 6.07) is 9.36. The van der Waals surface area contributed by atoms with Crippen molar-refractivity contribution in [2.75, 3.05) is 11.9 Å². The number of hydrogen-bond donors (Lipinski definition) is 1. The van der Waals surface area contributed by atoms with Crippen LogP contribution in [0.5, 0.6) is 0 Å². The molecule has 1 aromatic heterocycles. The number of rotatable bonds is 5. The minimum Gasteiger partial charge on any atom is -0.364 e. The molecule has 1 unspecified atom stereocenters. The molecule has 1 heterocycles. The first-order chi connectivity index (χ1) is 9.31. The van der Waals surface area contributed by atoms with Gasteiger partial charge in [-0.1, -0.05) is 30.3 Å². The van der Waals surface area contributed by atoms with E-state index < -0.39 is 6.10 Å². The van der Waals surface area contributed by atoms with Gasteiger partial charge in [0, 0.05) is 19.0 Å². The van der Waals surface area contributed by atoms with Crippen LogP contribution in [0.1, 0.15) is 18.6 Å². The number of ether oxygens (including phenoxy) is 1. The SMILES string of the molecule is CCOC(C(=O)Nc1cnccn1)c1ccccc1. The number of nitrogens with one attached hydrogen (secondary N) is 1. The summed E-state index contributed by atoms with van der Waals surface area (Å²) in [6.45, 7) is 2.30. The molecule has 1 N–H and O–H groups in total. The van der Waals surface area contributed by atoms with E-state index >= 15 is 0 Å². The summed E-state index contributed by atoms with van der Waals surface area (Å²) in [6.07, 6.45) is 3.92. The zero-order valence-electron chi connectivity index (χ0n) is 10.6. The molecule has 1 atom stereocenters. The predicted molar refractivity (Wildman–Crippen MR) is 71.5 cm³/mol. The largest absolute Gasteiger partial charge is 0.364 e. The monoisotopic (exact) mass is 257 g/mol. The number of aromatic nitrogens is 2. The van der Waals surface area contributed by atoms with Gasteiger partial charge in [0.25, 0.3) is 5.91 Å². The molecule has 0 aliphatic carbocycles. The third-order valence-electron chi connectivity index (χ3n) is 2.49. The minimum absolute atomic E-state index is 0.256. The highest BCUT2D eigenvalue weighted by molar-refractivity contribution is 5.93. The van der Waals surface area contributed by atoms with E-state index in [0.29, 0.717) is 12.4 Å². The second-order valence-corrected chi connectivity index (χ2v) is 3.83. The maximum atomic E-state index is 12.2. The third kappa shape index (κ3) is 3.59. The normalized spacial score (nSPS) is 11.8. The fourth-order valence-electron chi connectivity index (χ4n) is 1.67. The molecule has 5 heteroatoms. The van der Waals surface area contributed by atoms with Gasteiger partial charge < -0.3 is 10.1 Å². The summed E-state index contributed by atoms with van der Waals surface area (Å²) < 4.78 is 5.50. The van der Waals surface area contributed by atoms with Crippen LogP contribution in [0, 0.1) is 0 Å². The number of nitrogens with zero attached hydrogens (tertiary/aromatic N) is 2. The van der Waals surface area contributed by atoms with E-state index in [1.165, 1.54) is 12.4 Å². The number of amides is 1. The van der Waals surface area contributed by atoms with Crippen molar-refractivity contribution in [3.8, 4) is 0 Å². The van der Waals surface area contributed by atoms with E-state index in [-0.39, 0.29) is 5.91 Å². The van der Waals surface area contributed by atoms with Gasteiger partial charge in [-0.05, 0) is 12.5 Å². The average Bonchev–Trinajstić information content (AvgIpc) is 2.46. The third-order valence-corrected chi connectivity index (χ3v) is 2.49. The van der Waals surface area contributed by atoms with Crippen molar-refractivity contribution in [1.29, 1.82) is 0 Å². The van der Waals surface area contributed by atoms with Gasteiger partial charge in [-0.3, -0.25) is 9.78 Å². The summed E-state index contributed by atoms with van der Waals surface area (Å²) in [5.41, 5.74) is 0.811. The Bertz CT molecular complexity index is 517. The molecule has 0 saturated heterocycles. The highest BCUT2D eigenvalue weighted by atomic mass is 16.5. The standard InChI is InChI=1S/C14H15N3O2/c1-2-19-13(11-6-4-3-5-7-11)14(18)17-12-10-15-8-9-16-12/h3-10,13H,2H2,1H3,(H,16,17,18). The van der Waals surface area contributed by atoms with Crippen LogP contribution >= 0.6 is 0 Å². The number of carbonyl (C=O) groups is 1. The fraction of sp³-hybridized carbons (Fsp3) is 0.214. The lowest BCUT2D eigenvalue weighted by atomic mass is 10.1. The maximum Gasteiger partial charge on any atom is 0.259 e. The van der Waals surface area contributed by atoms with Crippen molar-refractivity contribution in [2.24, 2.45) is 0 Å². The Balaban J connectivity index is 2.13. The molecule has 0 saturated carbocycles. The molecule has 98 valence electrons. The van der Waals surface area contributed by atoms with Gasteiger partial charge in [-0.2, -0.15) is 0 Å². The van der Waals surface area contributed by atoms with Crippen molar-refractivity contribution in [1.82, 2.24) is 9.97 Å². The van der Waals surface area contributed by atoms with E-state index in [2.05, 4.69) is 15.3 Å². The lowest BCUT2D eigenvalue weighted by molar-refractivity contribution is -0.127. The Labute approximate surface area is 111 Å². The summed E-state index contributed by atoms with van der Waals surface area (Å²) in [4.78, 5) is 20.1. The quantitative estimate of drug-likeness (QED) is 0.891. The molecule has 0 aliphatic heterocycles. The molecule has 0 radical (unpaired) electrons. The smallest absolute Gasteiger partial charge is 0.259 e. The molecule has 0 spiro atoms. The zero-order valence-corrected chi connectivity index (χ0v) is 10.6. The van der Waals surface area contributed by atoms with Gasteiger partial charge in [-0.15, -0.1) is 0 Å². The van der Waals surface area contributed by atoms with Crippen molar-refractivity contribution >= 4 is 11.7 Å². The molecule has 1 aromatic carbocycles. The second-order valence-electron chi connectivity index (χ2n) is 3.83. The fourth-order valence-corrected chi connectivity index (χ4v) is 1.67. The maximum absolute atomic E-state index is 12.2. The van der Waals surface area contributed by atoms with Crippen molar-refractivity contribution in [2.45, 2.75) is 13.0 Å². The molecule has 19 heavy (non-hydrogen) atoms. The van der Waals surface area contributed by atoms with Crippen LogP contribution < -0.4 is 5.32 Å². The Morgan fingerprint density at radius 2 is 2.11 bits per heavy atom. The van der Waals surface area contributed by atoms with Crippen LogP contribution in [-0.2, 0) is 9.53 Å². The number of benzene rings is 1. The molecule has 0 fully saturated rings. The molecule has 2 rings (SSSR count). The van der Waals surface area contributed by atoms with E-state index in [1.807, 2.05) is 37.3 Å². The molecule has 0 bridgehead atoms. The van der Waals surface area contributed by atoms with Crippen LogP contribution in [0.4, 0.5) is 5.82 Å². The summed E-state index contributed by atoms with van der Waals surface area (Å²) >= 11 is 0. The highest BCUT2D eigenvalue weighted by Crippen LogP contribution is 2.18. The average molecular weight is 257 g/mol. The van der Waals surface area contributed by atoms with Crippen molar-refractivity contribution in [3.63, 3.8) is 0 Å². The van der Waals surface area contributed by atoms with Crippen LogP contribution in [-0.4, -0.2) is 22.5 Å². The second kappa shape index (κ2) is 6.61. The predicted octanol–water partition coefficient (Wildman–Crippen LogP) is 2.19. The summed E-state index contributed by atoms with van der Waals surface area (Å²) in [5, 5.41) is 2.69. The van der Waals surface area contributed by atoms with E-state index in [0.717, 1.165) is 5.56 Å². The summed E-state index contributed by atoms with van der Waals surface area (Å²) in [7, 11) is 0. The van der Waals surface area contributed by atoms with Gasteiger partial charge in [0.05, 0.1) is 6.20 Å². The minimum atomic E-state index is -0.645. The van der Waals surface area contributed by atoms with Gasteiger partial charge in [0.2, 0.25) is 0 Å². The topological polar surface area (TPSA) is 64.1 Å². The van der Waals surface area contributed by atoms with Crippen LogP contribution in [0.25, 0.3) is 0 Å². The molecule has 0 aliphatic rings. The van der Waals surface area contributed by atoms with Gasteiger partial charge in [0.1, 0.15) is 0 Å². The van der Waals surface area contributed by atoms with Crippen molar-refractivity contribution < 1.29 is 9.53 Å². The number of anilines is 1. The first kappa shape index (κ1) is 13.2. The van der Waals surface area contributed by atoms with Gasteiger partial charge in [-0.25, -0.2) is 4.98 Å². The van der Waals surface area contributed by atoms with Gasteiger partial charge in [0.15, 0.2) is 11.9 Å². The Kier molecular flexibility index (Phi) is 4.58. The van der Waals surface area contributed by atoms with Gasteiger partial charge >= 0.3 is 0 Å². The van der Waals surface area contributed by atoms with Crippen molar-refractivity contribution in [3.05, 3.63) is 54.5 Å². The van der Waals surface area contributed by atoms with Crippen LogP contribution in [0.2, 0.25) is 0 Å². The number of carbonyl (C=O) groups excluding carboxylic acids is 1. The summed E-state index contributed by atoms with van der Waals surface area (Å²) in [5.74, 6) is 0.154. The Morgan fingerprint density at radius 1 is 1.32 bits per heavy atom. The number of hydrogen-bond acceptors (Lipinski definition) is 4. The van der Waals surface area contributed by atoms with E-state index in [1.54, 1.807) is 6.20 Å².